The molecule has 6 nitrogen and oxygen atoms in total. The first-order chi connectivity index (χ1) is 18.0. The highest BCUT2D eigenvalue weighted by Gasteiger charge is 2.54. The molecule has 0 bridgehead atoms. The van der Waals surface area contributed by atoms with Crippen LogP contribution in [0.15, 0.2) is 71.2 Å². The maximum Gasteiger partial charge on any atom is 0.433 e. The van der Waals surface area contributed by atoms with E-state index in [0.717, 1.165) is 12.1 Å². The molecule has 1 aromatic heterocycles. The van der Waals surface area contributed by atoms with Crippen molar-refractivity contribution in [2.24, 2.45) is 7.05 Å². The molecule has 0 amide bonds. The number of aryl methyl sites for hydroxylation is 1. The maximum absolute atomic E-state index is 14.3. The zero-order valence-electron chi connectivity index (χ0n) is 20.8. The van der Waals surface area contributed by atoms with Gasteiger partial charge < -0.3 is 19.1 Å². The molecule has 0 saturated heterocycles. The molecule has 1 N–H and O–H groups in total. The lowest BCUT2D eigenvalue weighted by Gasteiger charge is -2.26. The molecule has 1 aliphatic carbocycles. The third kappa shape index (κ3) is 4.95. The third-order valence-electron chi connectivity index (χ3n) is 6.09. The lowest BCUT2D eigenvalue weighted by molar-refractivity contribution is -0.240. The Hall–Kier alpha value is -4.29. The van der Waals surface area contributed by atoms with Gasteiger partial charge in [-0.1, -0.05) is 41.8 Å². The molecule has 2 aromatic carbocycles. The summed E-state index contributed by atoms with van der Waals surface area (Å²) in [5, 5.41) is 10.9. The molecule has 9 heteroatoms. The zero-order chi connectivity index (χ0) is 27.7. The molecule has 1 unspecified atom stereocenters. The minimum absolute atomic E-state index is 0.0126. The Morgan fingerprint density at radius 3 is 2.45 bits per heavy atom. The number of ether oxygens (including phenoxy) is 2. The van der Waals surface area contributed by atoms with Crippen molar-refractivity contribution in [1.29, 1.82) is 0 Å². The minimum Gasteiger partial charge on any atom is -0.462 e. The van der Waals surface area contributed by atoms with Crippen LogP contribution in [0.4, 0.5) is 13.2 Å². The van der Waals surface area contributed by atoms with Crippen molar-refractivity contribution in [3.8, 4) is 23.3 Å². The summed E-state index contributed by atoms with van der Waals surface area (Å²) >= 11 is 0. The van der Waals surface area contributed by atoms with Crippen LogP contribution in [0.25, 0.3) is 5.57 Å². The van der Waals surface area contributed by atoms with E-state index in [1.807, 2.05) is 5.92 Å². The van der Waals surface area contributed by atoms with Crippen molar-refractivity contribution in [2.45, 2.75) is 32.0 Å². The molecule has 0 spiro atoms. The summed E-state index contributed by atoms with van der Waals surface area (Å²) < 4.78 is 54.8. The largest absolute Gasteiger partial charge is 0.462 e. The van der Waals surface area contributed by atoms with Gasteiger partial charge in [-0.15, -0.1) is 0 Å². The Balaban J connectivity index is 1.84. The van der Waals surface area contributed by atoms with E-state index >= 15 is 0 Å². The monoisotopic (exact) mass is 523 g/mol. The van der Waals surface area contributed by atoms with Crippen LogP contribution < -0.4 is 10.3 Å². The normalized spacial score (nSPS) is 14.3. The Morgan fingerprint density at radius 1 is 1.11 bits per heavy atom. The smallest absolute Gasteiger partial charge is 0.433 e. The third-order valence-corrected chi connectivity index (χ3v) is 6.09. The van der Waals surface area contributed by atoms with E-state index < -0.39 is 28.9 Å². The van der Waals surface area contributed by atoms with Crippen LogP contribution in [0.3, 0.4) is 0 Å². The van der Waals surface area contributed by atoms with Gasteiger partial charge in [-0.25, -0.2) is 4.79 Å². The number of carbonyl (C=O) groups is 1. The van der Waals surface area contributed by atoms with Gasteiger partial charge in [0.05, 0.1) is 12.2 Å². The molecule has 1 heterocycles. The van der Waals surface area contributed by atoms with Crippen LogP contribution in [0.5, 0.6) is 11.5 Å². The van der Waals surface area contributed by atoms with Crippen molar-refractivity contribution < 1.29 is 32.5 Å². The molecule has 0 saturated carbocycles. The summed E-state index contributed by atoms with van der Waals surface area (Å²) in [6, 6.07) is 13.4. The fourth-order valence-electron chi connectivity index (χ4n) is 4.26. The van der Waals surface area contributed by atoms with Crippen molar-refractivity contribution in [1.82, 2.24) is 4.57 Å². The van der Waals surface area contributed by atoms with Crippen molar-refractivity contribution in [3.05, 3.63) is 99.0 Å². The Labute approximate surface area is 216 Å². The topological polar surface area (TPSA) is 77.8 Å². The van der Waals surface area contributed by atoms with Gasteiger partial charge in [0.1, 0.15) is 11.5 Å². The highest BCUT2D eigenvalue weighted by atomic mass is 19.4. The lowest BCUT2D eigenvalue weighted by atomic mass is 9.92. The highest BCUT2D eigenvalue weighted by molar-refractivity contribution is 6.19. The number of aliphatic hydroxyl groups is 1. The number of benzene rings is 2. The number of aromatic nitrogens is 1. The average molecular weight is 524 g/mol. The fourth-order valence-corrected chi connectivity index (χ4v) is 4.26. The number of hydrogen-bond donors (Lipinski definition) is 1. The van der Waals surface area contributed by atoms with Gasteiger partial charge in [0.15, 0.2) is 0 Å². The second-order valence-electron chi connectivity index (χ2n) is 8.77. The number of nitrogens with zero attached hydrogens (tertiary/aromatic N) is 1. The molecule has 3 aromatic rings. The first kappa shape index (κ1) is 26.8. The van der Waals surface area contributed by atoms with Gasteiger partial charge in [-0.2, -0.15) is 13.2 Å². The summed E-state index contributed by atoms with van der Waals surface area (Å²) in [6.07, 6.45) is -3.81. The van der Waals surface area contributed by atoms with Crippen LogP contribution in [0.2, 0.25) is 0 Å². The second-order valence-corrected chi connectivity index (χ2v) is 8.77. The molecular formula is C29H24F3NO5. The molecule has 0 fully saturated rings. The number of pyridine rings is 1. The SMILES string of the molecule is CCOC(=O)C1=C(C)Cc2c1c(C#CC(O)(c1cccc(Oc3ccccc3)c1)C(F)(F)F)cn(C)c2=O. The molecule has 1 aliphatic rings. The number of rotatable bonds is 5. The van der Waals surface area contributed by atoms with Gasteiger partial charge in [-0.3, -0.25) is 4.79 Å². The van der Waals surface area contributed by atoms with E-state index in [2.05, 4.69) is 5.92 Å². The molecule has 196 valence electrons. The van der Waals surface area contributed by atoms with Crippen LogP contribution in [-0.2, 0) is 28.6 Å². The van der Waals surface area contributed by atoms with Gasteiger partial charge in [0, 0.05) is 41.9 Å². The Kier molecular flexibility index (Phi) is 7.20. The summed E-state index contributed by atoms with van der Waals surface area (Å²) in [4.78, 5) is 25.4. The Morgan fingerprint density at radius 2 is 1.79 bits per heavy atom. The number of fused-ring (bicyclic) bond motifs is 1. The Bertz CT molecular complexity index is 1540. The number of allylic oxidation sites excluding steroid dienone is 1. The second kappa shape index (κ2) is 10.2. The first-order valence-corrected chi connectivity index (χ1v) is 11.7. The quantitative estimate of drug-likeness (QED) is 0.381. The van der Waals surface area contributed by atoms with Crippen molar-refractivity contribution >= 4 is 11.5 Å². The summed E-state index contributed by atoms with van der Waals surface area (Å²) in [5.41, 5.74) is -3.55. The highest BCUT2D eigenvalue weighted by Crippen LogP contribution is 2.40. The molecule has 4 rings (SSSR count). The first-order valence-electron chi connectivity index (χ1n) is 11.7. The van der Waals surface area contributed by atoms with E-state index in [4.69, 9.17) is 9.47 Å². The number of alkyl halides is 3. The van der Waals surface area contributed by atoms with Gasteiger partial charge in [-0.05, 0) is 44.0 Å². The van der Waals surface area contributed by atoms with E-state index in [1.165, 1.54) is 29.9 Å². The molecular weight excluding hydrogens is 499 g/mol. The lowest BCUT2D eigenvalue weighted by Crippen LogP contribution is -2.41. The van der Waals surface area contributed by atoms with E-state index in [-0.39, 0.29) is 41.0 Å². The van der Waals surface area contributed by atoms with E-state index in [9.17, 15) is 27.9 Å². The van der Waals surface area contributed by atoms with Crippen molar-refractivity contribution in [3.63, 3.8) is 0 Å². The molecule has 1 atom stereocenters. The van der Waals surface area contributed by atoms with Crippen molar-refractivity contribution in [2.75, 3.05) is 6.61 Å². The fraction of sp³-hybridized carbons (Fsp3) is 0.241. The molecule has 0 radical (unpaired) electrons. The minimum atomic E-state index is -5.19. The average Bonchev–Trinajstić information content (AvgIpc) is 3.23. The number of esters is 1. The zero-order valence-corrected chi connectivity index (χ0v) is 20.8. The van der Waals surface area contributed by atoms with Crippen LogP contribution in [-0.4, -0.2) is 28.4 Å². The van der Waals surface area contributed by atoms with E-state index in [0.29, 0.717) is 11.3 Å². The molecule has 38 heavy (non-hydrogen) atoms. The standard InChI is InChI=1S/C29H24F3NO5/c1-4-37-27(35)24-18(2)15-23-25(24)19(17-33(3)26(23)34)13-14-28(36,29(30,31)32)20-9-8-12-22(16-20)38-21-10-6-5-7-11-21/h5-12,16-17,36H,4,15H2,1-3H3. The predicted molar refractivity (Wildman–Crippen MR) is 134 cm³/mol. The molecule has 0 aliphatic heterocycles. The van der Waals surface area contributed by atoms with Gasteiger partial charge in [0.2, 0.25) is 5.60 Å². The number of para-hydroxylation sites is 1. The number of carbonyl (C=O) groups excluding carboxylic acids is 1. The number of hydrogen-bond acceptors (Lipinski definition) is 5. The van der Waals surface area contributed by atoms with Crippen LogP contribution >= 0.6 is 0 Å². The van der Waals surface area contributed by atoms with E-state index in [1.54, 1.807) is 44.2 Å². The predicted octanol–water partition coefficient (Wildman–Crippen LogP) is 4.87. The number of halogens is 3. The van der Waals surface area contributed by atoms with Crippen LogP contribution in [0.1, 0.15) is 36.1 Å². The van der Waals surface area contributed by atoms with Crippen LogP contribution in [0, 0.1) is 11.8 Å². The summed E-state index contributed by atoms with van der Waals surface area (Å²) in [5.74, 6) is 4.17. The summed E-state index contributed by atoms with van der Waals surface area (Å²) in [6.45, 7) is 3.34. The van der Waals surface area contributed by atoms with Gasteiger partial charge in [0.25, 0.3) is 5.56 Å². The maximum atomic E-state index is 14.3. The van der Waals surface area contributed by atoms with Gasteiger partial charge >= 0.3 is 12.1 Å². The summed E-state index contributed by atoms with van der Waals surface area (Å²) in [7, 11) is 1.44.